The second kappa shape index (κ2) is 7.64. The Morgan fingerprint density at radius 3 is 2.80 bits per heavy atom. The average molecular weight is 344 g/mol. The Kier molecular flexibility index (Phi) is 5.31. The summed E-state index contributed by atoms with van der Waals surface area (Å²) < 4.78 is 27.8. The van der Waals surface area contributed by atoms with Gasteiger partial charge in [-0.3, -0.25) is 4.79 Å². The van der Waals surface area contributed by atoms with Crippen molar-refractivity contribution in [2.45, 2.75) is 32.2 Å². The molecule has 25 heavy (non-hydrogen) atoms. The van der Waals surface area contributed by atoms with E-state index in [0.29, 0.717) is 17.8 Å². The lowest BCUT2D eigenvalue weighted by atomic mass is 10.0. The van der Waals surface area contributed by atoms with Gasteiger partial charge in [0, 0.05) is 19.1 Å². The molecule has 0 aliphatic carbocycles. The van der Waals surface area contributed by atoms with Crippen LogP contribution in [0.4, 0.5) is 14.5 Å². The van der Waals surface area contributed by atoms with Gasteiger partial charge >= 0.3 is 0 Å². The van der Waals surface area contributed by atoms with Crippen LogP contribution in [0.1, 0.15) is 24.0 Å². The van der Waals surface area contributed by atoms with Crippen LogP contribution in [-0.4, -0.2) is 25.0 Å². The number of nitrogens with zero attached hydrogens (tertiary/aromatic N) is 1. The molecular weight excluding hydrogens is 322 g/mol. The zero-order valence-corrected chi connectivity index (χ0v) is 14.3. The summed E-state index contributed by atoms with van der Waals surface area (Å²) in [6, 6.07) is 11.3. The predicted octanol–water partition coefficient (Wildman–Crippen LogP) is 3.60. The van der Waals surface area contributed by atoms with Gasteiger partial charge in [-0.25, -0.2) is 8.78 Å². The molecule has 3 nitrogen and oxygen atoms in total. The highest BCUT2D eigenvalue weighted by Gasteiger charge is 2.23. The summed E-state index contributed by atoms with van der Waals surface area (Å²) in [6.45, 7) is 3.25. The SMILES string of the molecule is Cc1ccc(F)c(N2CCCC(NC(=O)Cc3ccccc3F)C2)c1. The first-order chi connectivity index (χ1) is 12.0. The van der Waals surface area contributed by atoms with E-state index in [2.05, 4.69) is 5.32 Å². The number of piperidine rings is 1. The van der Waals surface area contributed by atoms with E-state index in [-0.39, 0.29) is 30.0 Å². The first-order valence-corrected chi connectivity index (χ1v) is 8.57. The molecule has 0 aromatic heterocycles. The monoisotopic (exact) mass is 344 g/mol. The van der Waals surface area contributed by atoms with Gasteiger partial charge in [-0.05, 0) is 49.1 Å². The predicted molar refractivity (Wildman–Crippen MR) is 94.6 cm³/mol. The van der Waals surface area contributed by atoms with Gasteiger partial charge in [0.15, 0.2) is 0 Å². The van der Waals surface area contributed by atoms with Crippen LogP contribution in [0.15, 0.2) is 42.5 Å². The van der Waals surface area contributed by atoms with Crippen molar-refractivity contribution in [3.8, 4) is 0 Å². The first kappa shape index (κ1) is 17.4. The number of nitrogens with one attached hydrogen (secondary N) is 1. The van der Waals surface area contributed by atoms with Crippen molar-refractivity contribution in [3.05, 3.63) is 65.2 Å². The highest BCUT2D eigenvalue weighted by atomic mass is 19.1. The quantitative estimate of drug-likeness (QED) is 0.919. The molecule has 1 aliphatic heterocycles. The van der Waals surface area contributed by atoms with Crippen LogP contribution in [0, 0.1) is 18.6 Å². The number of hydrogen-bond donors (Lipinski definition) is 1. The Labute approximate surface area is 146 Å². The van der Waals surface area contributed by atoms with E-state index in [1.54, 1.807) is 24.3 Å². The number of benzene rings is 2. The molecule has 1 aliphatic rings. The third kappa shape index (κ3) is 4.35. The summed E-state index contributed by atoms with van der Waals surface area (Å²) in [7, 11) is 0. The molecule has 0 saturated carbocycles. The molecule has 1 amide bonds. The molecule has 2 aromatic rings. The first-order valence-electron chi connectivity index (χ1n) is 8.57. The maximum absolute atomic E-state index is 14.1. The van der Waals surface area contributed by atoms with Gasteiger partial charge < -0.3 is 10.2 Å². The van der Waals surface area contributed by atoms with E-state index in [0.717, 1.165) is 24.9 Å². The fraction of sp³-hybridized carbons (Fsp3) is 0.350. The van der Waals surface area contributed by atoms with Gasteiger partial charge in [0.2, 0.25) is 5.91 Å². The van der Waals surface area contributed by atoms with Gasteiger partial charge in [-0.1, -0.05) is 24.3 Å². The molecule has 3 rings (SSSR count). The summed E-state index contributed by atoms with van der Waals surface area (Å²) in [4.78, 5) is 14.2. The fourth-order valence-electron chi connectivity index (χ4n) is 3.27. The van der Waals surface area contributed by atoms with E-state index in [4.69, 9.17) is 0 Å². The standard InChI is InChI=1S/C20H22F2N2O/c1-14-8-9-18(22)19(11-14)24-10-4-6-16(13-24)23-20(25)12-15-5-2-3-7-17(15)21/h2-3,5,7-9,11,16H,4,6,10,12-13H2,1H3,(H,23,25). The van der Waals surface area contributed by atoms with Crippen LogP contribution >= 0.6 is 0 Å². The summed E-state index contributed by atoms with van der Waals surface area (Å²) in [5.41, 5.74) is 1.97. The van der Waals surface area contributed by atoms with Crippen molar-refractivity contribution in [1.82, 2.24) is 5.32 Å². The minimum Gasteiger partial charge on any atom is -0.367 e. The zero-order chi connectivity index (χ0) is 17.8. The van der Waals surface area contributed by atoms with Gasteiger partial charge in [0.1, 0.15) is 11.6 Å². The van der Waals surface area contributed by atoms with Gasteiger partial charge in [-0.15, -0.1) is 0 Å². The van der Waals surface area contributed by atoms with E-state index >= 15 is 0 Å². The fourth-order valence-corrected chi connectivity index (χ4v) is 3.27. The van der Waals surface area contributed by atoms with E-state index in [1.807, 2.05) is 17.9 Å². The van der Waals surface area contributed by atoms with E-state index in [9.17, 15) is 13.6 Å². The van der Waals surface area contributed by atoms with Crippen molar-refractivity contribution < 1.29 is 13.6 Å². The molecule has 2 aromatic carbocycles. The highest BCUT2D eigenvalue weighted by molar-refractivity contribution is 5.79. The Morgan fingerprint density at radius 1 is 1.20 bits per heavy atom. The number of hydrogen-bond acceptors (Lipinski definition) is 2. The second-order valence-corrected chi connectivity index (χ2v) is 6.58. The number of halogens is 2. The lowest BCUT2D eigenvalue weighted by molar-refractivity contribution is -0.121. The molecule has 1 unspecified atom stereocenters. The Morgan fingerprint density at radius 2 is 2.00 bits per heavy atom. The van der Waals surface area contributed by atoms with Gasteiger partial charge in [-0.2, -0.15) is 0 Å². The third-order valence-corrected chi connectivity index (χ3v) is 4.54. The van der Waals surface area contributed by atoms with Gasteiger partial charge in [0.05, 0.1) is 12.1 Å². The Bertz CT molecular complexity index is 763. The molecule has 1 atom stereocenters. The smallest absolute Gasteiger partial charge is 0.224 e. The molecule has 1 fully saturated rings. The topological polar surface area (TPSA) is 32.3 Å². The summed E-state index contributed by atoms with van der Waals surface area (Å²) in [6.07, 6.45) is 1.73. The number of rotatable bonds is 4. The third-order valence-electron chi connectivity index (χ3n) is 4.54. The minimum absolute atomic E-state index is 0.0159. The highest BCUT2D eigenvalue weighted by Crippen LogP contribution is 2.24. The average Bonchev–Trinajstić information content (AvgIpc) is 2.59. The molecule has 1 N–H and O–H groups in total. The van der Waals surface area contributed by atoms with Crippen LogP contribution < -0.4 is 10.2 Å². The van der Waals surface area contributed by atoms with Crippen LogP contribution in [0.25, 0.3) is 0 Å². The molecule has 5 heteroatoms. The van der Waals surface area contributed by atoms with Crippen molar-refractivity contribution in [1.29, 1.82) is 0 Å². The number of amides is 1. The summed E-state index contributed by atoms with van der Waals surface area (Å²) in [5, 5.41) is 2.96. The number of anilines is 1. The minimum atomic E-state index is -0.371. The zero-order valence-electron chi connectivity index (χ0n) is 14.3. The van der Waals surface area contributed by atoms with Crippen LogP contribution in [0.5, 0.6) is 0 Å². The van der Waals surface area contributed by atoms with Crippen molar-refractivity contribution >= 4 is 11.6 Å². The van der Waals surface area contributed by atoms with Crippen molar-refractivity contribution in [2.75, 3.05) is 18.0 Å². The summed E-state index contributed by atoms with van der Waals surface area (Å²) in [5.74, 6) is -0.824. The Balaban J connectivity index is 1.63. The Hall–Kier alpha value is -2.43. The van der Waals surface area contributed by atoms with Crippen molar-refractivity contribution in [3.63, 3.8) is 0 Å². The van der Waals surface area contributed by atoms with Crippen LogP contribution in [-0.2, 0) is 11.2 Å². The van der Waals surface area contributed by atoms with Gasteiger partial charge in [0.25, 0.3) is 0 Å². The van der Waals surface area contributed by atoms with E-state index < -0.39 is 0 Å². The largest absolute Gasteiger partial charge is 0.367 e. The number of aryl methyl sites for hydroxylation is 1. The summed E-state index contributed by atoms with van der Waals surface area (Å²) >= 11 is 0. The molecule has 0 radical (unpaired) electrons. The molecule has 1 saturated heterocycles. The van der Waals surface area contributed by atoms with Crippen LogP contribution in [0.2, 0.25) is 0 Å². The molecular formula is C20H22F2N2O. The normalized spacial score (nSPS) is 17.4. The maximum atomic E-state index is 14.1. The van der Waals surface area contributed by atoms with Crippen LogP contribution in [0.3, 0.4) is 0 Å². The number of carbonyl (C=O) groups excluding carboxylic acids is 1. The number of carbonyl (C=O) groups is 1. The molecule has 1 heterocycles. The molecule has 0 bridgehead atoms. The molecule has 0 spiro atoms. The maximum Gasteiger partial charge on any atom is 0.224 e. The van der Waals surface area contributed by atoms with Crippen molar-refractivity contribution in [2.24, 2.45) is 0 Å². The molecule has 132 valence electrons. The second-order valence-electron chi connectivity index (χ2n) is 6.58. The lowest BCUT2D eigenvalue weighted by Crippen LogP contribution is -2.48. The lowest BCUT2D eigenvalue weighted by Gasteiger charge is -2.35. The van der Waals surface area contributed by atoms with E-state index in [1.165, 1.54) is 12.1 Å².